The zero-order valence-corrected chi connectivity index (χ0v) is 15.4. The summed E-state index contributed by atoms with van der Waals surface area (Å²) in [5, 5.41) is 26.1. The van der Waals surface area contributed by atoms with Gasteiger partial charge in [0.25, 0.3) is 0 Å². The molecule has 0 unspecified atom stereocenters. The number of anilines is 1. The van der Waals surface area contributed by atoms with Gasteiger partial charge in [-0.15, -0.1) is 0 Å². The van der Waals surface area contributed by atoms with Crippen molar-refractivity contribution in [3.63, 3.8) is 0 Å². The Kier molecular flexibility index (Phi) is 5.64. The fourth-order valence-electron chi connectivity index (χ4n) is 3.32. The van der Waals surface area contributed by atoms with E-state index in [1.165, 1.54) is 12.7 Å². The minimum Gasteiger partial charge on any atom is -0.394 e. The second kappa shape index (κ2) is 8.51. The molecule has 4 rings (SSSR count). The third kappa shape index (κ3) is 4.34. The number of hydrogen-bond donors (Lipinski definition) is 6. The number of aliphatic hydroxyl groups excluding tert-OH is 2. The van der Waals surface area contributed by atoms with Crippen molar-refractivity contribution in [2.45, 2.75) is 43.7 Å². The molecule has 0 aromatic carbocycles. The first-order valence-electron chi connectivity index (χ1n) is 9.25. The Hall–Kier alpha value is -3.09. The highest BCUT2D eigenvalue weighted by molar-refractivity contribution is 5.82. The van der Waals surface area contributed by atoms with Crippen molar-refractivity contribution in [2.75, 3.05) is 11.9 Å². The number of carbonyl (C=O) groups is 1. The van der Waals surface area contributed by atoms with E-state index < -0.39 is 24.5 Å². The summed E-state index contributed by atoms with van der Waals surface area (Å²) in [5.74, 6) is 0.232. The number of aromatic amines is 2. The second-order valence-corrected chi connectivity index (χ2v) is 6.80. The number of aryl methyl sites for hydroxylation is 1. The van der Waals surface area contributed by atoms with Crippen molar-refractivity contribution < 1.29 is 19.7 Å². The molecule has 3 aromatic heterocycles. The maximum Gasteiger partial charge on any atom is 0.220 e. The van der Waals surface area contributed by atoms with Crippen LogP contribution in [0.25, 0.3) is 11.2 Å². The van der Waals surface area contributed by atoms with E-state index >= 15 is 0 Å². The Morgan fingerprint density at radius 1 is 1.28 bits per heavy atom. The standard InChI is InChI=1S/C17H22N8O4/c26-5-12-10(24-13(28)2-1-9-4-18-6-19-9)3-11(27)17(29-12)25-16-14-15(21-7-20-14)22-8-23-16/h4,6-8,10-12,17,26-27H,1-3,5H2,(H,18,19)(H,24,28)(H2,20,21,22,23,25)/t10-,11+,12+,17+/m1/s1. The molecule has 1 fully saturated rings. The molecule has 0 saturated carbocycles. The molecule has 12 heteroatoms. The van der Waals surface area contributed by atoms with E-state index in [2.05, 4.69) is 40.5 Å². The summed E-state index contributed by atoms with van der Waals surface area (Å²) in [6, 6.07) is -0.514. The van der Waals surface area contributed by atoms with Crippen molar-refractivity contribution in [2.24, 2.45) is 0 Å². The molecule has 4 heterocycles. The zero-order chi connectivity index (χ0) is 20.2. The summed E-state index contributed by atoms with van der Waals surface area (Å²) in [7, 11) is 0. The topological polar surface area (TPSA) is 174 Å². The monoisotopic (exact) mass is 402 g/mol. The van der Waals surface area contributed by atoms with Crippen LogP contribution < -0.4 is 10.6 Å². The Labute approximate surface area is 165 Å². The number of aliphatic hydroxyl groups is 2. The molecule has 0 bridgehead atoms. The van der Waals surface area contributed by atoms with Gasteiger partial charge in [0.1, 0.15) is 24.1 Å². The summed E-state index contributed by atoms with van der Waals surface area (Å²) in [4.78, 5) is 34.3. The molecule has 1 aliphatic heterocycles. The lowest BCUT2D eigenvalue weighted by molar-refractivity contribution is -0.142. The van der Waals surface area contributed by atoms with Crippen LogP contribution in [0.1, 0.15) is 18.5 Å². The fourth-order valence-corrected chi connectivity index (χ4v) is 3.32. The average molecular weight is 402 g/mol. The lowest BCUT2D eigenvalue weighted by atomic mass is 9.98. The molecular formula is C17H22N8O4. The van der Waals surface area contributed by atoms with Gasteiger partial charge in [0.2, 0.25) is 5.91 Å². The van der Waals surface area contributed by atoms with Gasteiger partial charge in [-0.1, -0.05) is 0 Å². The number of hydrogen-bond acceptors (Lipinski definition) is 9. The first-order chi connectivity index (χ1) is 14.1. The van der Waals surface area contributed by atoms with Gasteiger partial charge in [-0.2, -0.15) is 0 Å². The van der Waals surface area contributed by atoms with E-state index in [4.69, 9.17) is 4.74 Å². The van der Waals surface area contributed by atoms with Crippen LogP contribution in [-0.4, -0.2) is 77.1 Å². The third-order valence-corrected chi connectivity index (χ3v) is 4.82. The van der Waals surface area contributed by atoms with Crippen LogP contribution in [0.5, 0.6) is 0 Å². The smallest absolute Gasteiger partial charge is 0.220 e. The predicted octanol–water partition coefficient (Wildman–Crippen LogP) is -0.926. The first kappa shape index (κ1) is 19.2. The number of rotatable bonds is 7. The van der Waals surface area contributed by atoms with E-state index in [9.17, 15) is 15.0 Å². The van der Waals surface area contributed by atoms with Gasteiger partial charge in [-0.05, 0) is 6.42 Å². The third-order valence-electron chi connectivity index (χ3n) is 4.82. The minimum atomic E-state index is -0.927. The van der Waals surface area contributed by atoms with Crippen molar-refractivity contribution in [3.8, 4) is 0 Å². The molecule has 29 heavy (non-hydrogen) atoms. The summed E-state index contributed by atoms with van der Waals surface area (Å²) in [6.07, 6.45) is 4.65. The van der Waals surface area contributed by atoms with Gasteiger partial charge < -0.3 is 35.6 Å². The highest BCUT2D eigenvalue weighted by atomic mass is 16.5. The van der Waals surface area contributed by atoms with E-state index in [0.29, 0.717) is 23.4 Å². The highest BCUT2D eigenvalue weighted by Gasteiger charge is 2.38. The largest absolute Gasteiger partial charge is 0.394 e. The number of aromatic nitrogens is 6. The Morgan fingerprint density at radius 3 is 2.97 bits per heavy atom. The van der Waals surface area contributed by atoms with Crippen LogP contribution in [-0.2, 0) is 16.0 Å². The van der Waals surface area contributed by atoms with Gasteiger partial charge >= 0.3 is 0 Å². The Balaban J connectivity index is 1.37. The van der Waals surface area contributed by atoms with Crippen molar-refractivity contribution in [3.05, 3.63) is 30.9 Å². The number of ether oxygens (including phenoxy) is 1. The molecule has 0 spiro atoms. The normalized spacial score (nSPS) is 24.5. The zero-order valence-electron chi connectivity index (χ0n) is 15.4. The molecule has 3 aromatic rings. The second-order valence-electron chi connectivity index (χ2n) is 6.80. The van der Waals surface area contributed by atoms with Crippen LogP contribution in [0.2, 0.25) is 0 Å². The number of H-pyrrole nitrogens is 2. The van der Waals surface area contributed by atoms with Crippen LogP contribution in [0, 0.1) is 0 Å². The molecule has 12 nitrogen and oxygen atoms in total. The number of amides is 1. The molecular weight excluding hydrogens is 380 g/mol. The molecule has 154 valence electrons. The summed E-state index contributed by atoms with van der Waals surface area (Å²) >= 11 is 0. The molecule has 1 saturated heterocycles. The van der Waals surface area contributed by atoms with Crippen molar-refractivity contribution in [1.29, 1.82) is 0 Å². The van der Waals surface area contributed by atoms with Crippen LogP contribution in [0.4, 0.5) is 5.82 Å². The van der Waals surface area contributed by atoms with E-state index in [1.807, 2.05) is 0 Å². The quantitative estimate of drug-likeness (QED) is 0.292. The summed E-state index contributed by atoms with van der Waals surface area (Å²) in [6.45, 7) is -0.306. The Morgan fingerprint density at radius 2 is 2.17 bits per heavy atom. The van der Waals surface area contributed by atoms with Crippen LogP contribution in [0.15, 0.2) is 25.2 Å². The maximum absolute atomic E-state index is 12.3. The van der Waals surface area contributed by atoms with Gasteiger partial charge in [-0.3, -0.25) is 4.79 Å². The van der Waals surface area contributed by atoms with Gasteiger partial charge in [0.15, 0.2) is 17.7 Å². The predicted molar refractivity (Wildman–Crippen MR) is 101 cm³/mol. The number of nitrogens with zero attached hydrogens (tertiary/aromatic N) is 4. The lowest BCUT2D eigenvalue weighted by Gasteiger charge is -2.39. The van der Waals surface area contributed by atoms with Crippen molar-refractivity contribution >= 4 is 22.9 Å². The fraction of sp³-hybridized carbons (Fsp3) is 0.471. The minimum absolute atomic E-state index is 0.194. The summed E-state index contributed by atoms with van der Waals surface area (Å²) < 4.78 is 5.80. The number of nitrogens with one attached hydrogen (secondary N) is 4. The molecule has 0 aliphatic carbocycles. The SMILES string of the molecule is O=C(CCc1cnc[nH]1)N[C@@H]1C[C@H](O)[C@@H](Nc2ncnc3nc[nH]c23)O[C@H]1CO. The lowest BCUT2D eigenvalue weighted by Crippen LogP contribution is -2.57. The van der Waals surface area contributed by atoms with E-state index in [1.54, 1.807) is 12.5 Å². The molecule has 1 amide bonds. The first-order valence-corrected chi connectivity index (χ1v) is 9.25. The number of carbonyl (C=O) groups excluding carboxylic acids is 1. The van der Waals surface area contributed by atoms with E-state index in [0.717, 1.165) is 5.69 Å². The van der Waals surface area contributed by atoms with Crippen LogP contribution in [0.3, 0.4) is 0 Å². The number of fused-ring (bicyclic) bond motifs is 1. The maximum atomic E-state index is 12.3. The molecule has 1 aliphatic rings. The number of imidazole rings is 2. The van der Waals surface area contributed by atoms with Gasteiger partial charge in [-0.25, -0.2) is 19.9 Å². The molecule has 6 N–H and O–H groups in total. The van der Waals surface area contributed by atoms with Gasteiger partial charge in [0, 0.05) is 24.7 Å². The van der Waals surface area contributed by atoms with Gasteiger partial charge in [0.05, 0.1) is 25.3 Å². The summed E-state index contributed by atoms with van der Waals surface area (Å²) in [5.41, 5.74) is 1.92. The molecule has 0 radical (unpaired) electrons. The Bertz CT molecular complexity index is 946. The van der Waals surface area contributed by atoms with E-state index in [-0.39, 0.29) is 25.4 Å². The van der Waals surface area contributed by atoms with Crippen LogP contribution >= 0.6 is 0 Å². The highest BCUT2D eigenvalue weighted by Crippen LogP contribution is 2.24. The average Bonchev–Trinajstić information content (AvgIpc) is 3.40. The van der Waals surface area contributed by atoms with Crippen molar-refractivity contribution in [1.82, 2.24) is 35.2 Å². The molecule has 4 atom stereocenters.